The predicted molar refractivity (Wildman–Crippen MR) is 110 cm³/mol. The first-order chi connectivity index (χ1) is 14.2. The molecule has 2 amide bonds. The molecule has 0 radical (unpaired) electrons. The molecule has 156 valence electrons. The van der Waals surface area contributed by atoms with Gasteiger partial charge in [0.15, 0.2) is 6.61 Å². The van der Waals surface area contributed by atoms with Crippen molar-refractivity contribution in [3.05, 3.63) is 30.3 Å². The van der Waals surface area contributed by atoms with Gasteiger partial charge in [-0.15, -0.1) is 0 Å². The monoisotopic (exact) mass is 396 g/mol. The van der Waals surface area contributed by atoms with Crippen LogP contribution in [0.4, 0.5) is 0 Å². The Labute approximate surface area is 173 Å². The number of rotatable bonds is 5. The number of amides is 2. The van der Waals surface area contributed by atoms with Crippen LogP contribution >= 0.6 is 0 Å². The Morgan fingerprint density at radius 3 is 2.17 bits per heavy atom. The van der Waals surface area contributed by atoms with E-state index in [0.29, 0.717) is 36.7 Å². The maximum Gasteiger partial charge on any atom is 0.260 e. The highest BCUT2D eigenvalue weighted by Crippen LogP contribution is 2.53. The zero-order chi connectivity index (χ0) is 19.8. The van der Waals surface area contributed by atoms with E-state index in [0.717, 1.165) is 24.7 Å². The SMILES string of the molecule is O=C(NC1C2CC3CC(C2)CC1C3)C1CCN(C(=O)COc2ccccc2)CC1. The molecule has 29 heavy (non-hydrogen) atoms. The largest absolute Gasteiger partial charge is 0.484 e. The van der Waals surface area contributed by atoms with E-state index in [1.807, 2.05) is 35.2 Å². The molecule has 5 fully saturated rings. The lowest BCUT2D eigenvalue weighted by Gasteiger charge is -2.54. The summed E-state index contributed by atoms with van der Waals surface area (Å²) >= 11 is 0. The molecular weight excluding hydrogens is 364 g/mol. The smallest absolute Gasteiger partial charge is 0.260 e. The van der Waals surface area contributed by atoms with Crippen LogP contribution < -0.4 is 10.1 Å². The lowest BCUT2D eigenvalue weighted by Crippen LogP contribution is -2.57. The molecule has 0 unspecified atom stereocenters. The van der Waals surface area contributed by atoms with Crippen molar-refractivity contribution in [2.24, 2.45) is 29.6 Å². The highest BCUT2D eigenvalue weighted by molar-refractivity contribution is 5.81. The maximum atomic E-state index is 12.9. The van der Waals surface area contributed by atoms with Crippen LogP contribution in [0.1, 0.15) is 44.9 Å². The fraction of sp³-hybridized carbons (Fsp3) is 0.667. The molecule has 5 heteroatoms. The molecule has 1 aromatic carbocycles. The Bertz CT molecular complexity index is 714. The maximum absolute atomic E-state index is 12.9. The molecule has 0 atom stereocenters. The van der Waals surface area contributed by atoms with E-state index >= 15 is 0 Å². The summed E-state index contributed by atoms with van der Waals surface area (Å²) in [6.07, 6.45) is 8.26. The summed E-state index contributed by atoms with van der Waals surface area (Å²) in [6, 6.07) is 9.84. The molecule has 5 aliphatic rings. The minimum Gasteiger partial charge on any atom is -0.484 e. The zero-order valence-electron chi connectivity index (χ0n) is 17.1. The van der Waals surface area contributed by atoms with Crippen molar-refractivity contribution in [2.45, 2.75) is 51.0 Å². The van der Waals surface area contributed by atoms with E-state index in [2.05, 4.69) is 5.32 Å². The Balaban J connectivity index is 1.08. The number of hydrogen-bond acceptors (Lipinski definition) is 3. The van der Waals surface area contributed by atoms with E-state index in [4.69, 9.17) is 4.74 Å². The third-order valence-electron chi connectivity index (χ3n) is 7.86. The van der Waals surface area contributed by atoms with Gasteiger partial charge in [-0.2, -0.15) is 0 Å². The number of piperidine rings is 1. The Morgan fingerprint density at radius 2 is 1.55 bits per heavy atom. The summed E-state index contributed by atoms with van der Waals surface area (Å²) in [5, 5.41) is 3.46. The molecule has 6 rings (SSSR count). The number of nitrogens with one attached hydrogen (secondary N) is 1. The van der Waals surface area contributed by atoms with Gasteiger partial charge in [-0.3, -0.25) is 9.59 Å². The van der Waals surface area contributed by atoms with Crippen LogP contribution in [0.3, 0.4) is 0 Å². The first-order valence-electron chi connectivity index (χ1n) is 11.4. The Morgan fingerprint density at radius 1 is 0.931 bits per heavy atom. The van der Waals surface area contributed by atoms with Gasteiger partial charge < -0.3 is 15.0 Å². The van der Waals surface area contributed by atoms with Gasteiger partial charge in [-0.25, -0.2) is 0 Å². The fourth-order valence-corrected chi connectivity index (χ4v) is 6.59. The van der Waals surface area contributed by atoms with Crippen LogP contribution in [0.5, 0.6) is 5.75 Å². The summed E-state index contributed by atoms with van der Waals surface area (Å²) < 4.78 is 5.58. The van der Waals surface area contributed by atoms with Crippen molar-refractivity contribution >= 4 is 11.8 Å². The quantitative estimate of drug-likeness (QED) is 0.831. The lowest BCUT2D eigenvalue weighted by molar-refractivity contribution is -0.138. The second kappa shape index (κ2) is 8.00. The predicted octanol–water partition coefficient (Wildman–Crippen LogP) is 3.24. The topological polar surface area (TPSA) is 58.6 Å². The van der Waals surface area contributed by atoms with Crippen LogP contribution in [0.2, 0.25) is 0 Å². The number of likely N-dealkylation sites (tertiary alicyclic amines) is 1. The van der Waals surface area contributed by atoms with E-state index in [-0.39, 0.29) is 24.3 Å². The molecule has 1 saturated heterocycles. The number of para-hydroxylation sites is 1. The van der Waals surface area contributed by atoms with Crippen LogP contribution in [0.25, 0.3) is 0 Å². The van der Waals surface area contributed by atoms with Gasteiger partial charge in [0.25, 0.3) is 5.91 Å². The van der Waals surface area contributed by atoms with Crippen LogP contribution in [0, 0.1) is 29.6 Å². The van der Waals surface area contributed by atoms with Crippen LogP contribution in [-0.2, 0) is 9.59 Å². The lowest BCUT2D eigenvalue weighted by atomic mass is 9.54. The standard InChI is InChI=1S/C24H32N2O3/c27-22(15-29-21-4-2-1-3-5-21)26-8-6-18(7-9-26)24(28)25-23-19-11-16-10-17(13-19)14-20(23)12-16/h1-5,16-20,23H,6-15H2,(H,25,28). The van der Waals surface area contributed by atoms with Crippen molar-refractivity contribution in [1.82, 2.24) is 10.2 Å². The van der Waals surface area contributed by atoms with Gasteiger partial charge in [0, 0.05) is 25.0 Å². The molecule has 0 aromatic heterocycles. The number of benzene rings is 1. The summed E-state index contributed by atoms with van der Waals surface area (Å²) in [7, 11) is 0. The average Bonchev–Trinajstić information content (AvgIpc) is 2.75. The normalized spacial score (nSPS) is 33.5. The highest BCUT2D eigenvalue weighted by Gasteiger charge is 2.49. The third-order valence-corrected chi connectivity index (χ3v) is 7.86. The number of nitrogens with zero attached hydrogens (tertiary/aromatic N) is 1. The molecular formula is C24H32N2O3. The van der Waals surface area contributed by atoms with Crippen molar-refractivity contribution in [2.75, 3.05) is 19.7 Å². The van der Waals surface area contributed by atoms with Gasteiger partial charge in [-0.1, -0.05) is 18.2 Å². The van der Waals surface area contributed by atoms with Gasteiger partial charge >= 0.3 is 0 Å². The summed E-state index contributed by atoms with van der Waals surface area (Å²) in [6.45, 7) is 1.36. The molecule has 1 heterocycles. The van der Waals surface area contributed by atoms with E-state index in [9.17, 15) is 9.59 Å². The molecule has 1 N–H and O–H groups in total. The molecule has 4 saturated carbocycles. The summed E-state index contributed by atoms with van der Waals surface area (Å²) in [5.41, 5.74) is 0. The van der Waals surface area contributed by atoms with Crippen LogP contribution in [-0.4, -0.2) is 42.5 Å². The fourth-order valence-electron chi connectivity index (χ4n) is 6.59. The molecule has 5 nitrogen and oxygen atoms in total. The molecule has 4 bridgehead atoms. The third kappa shape index (κ3) is 4.01. The zero-order valence-corrected chi connectivity index (χ0v) is 17.1. The van der Waals surface area contributed by atoms with E-state index in [1.54, 1.807) is 0 Å². The van der Waals surface area contributed by atoms with Crippen molar-refractivity contribution < 1.29 is 14.3 Å². The number of hydrogen-bond donors (Lipinski definition) is 1. The summed E-state index contributed by atoms with van der Waals surface area (Å²) in [4.78, 5) is 27.2. The van der Waals surface area contributed by atoms with Crippen molar-refractivity contribution in [3.8, 4) is 5.75 Å². The number of carbonyl (C=O) groups excluding carboxylic acids is 2. The van der Waals surface area contributed by atoms with Gasteiger partial charge in [0.2, 0.25) is 5.91 Å². The Kier molecular flexibility index (Phi) is 5.23. The average molecular weight is 397 g/mol. The summed E-state index contributed by atoms with van der Waals surface area (Å²) in [5.74, 6) is 4.29. The van der Waals surface area contributed by atoms with Gasteiger partial charge in [-0.05, 0) is 80.8 Å². The Hall–Kier alpha value is -2.04. The highest BCUT2D eigenvalue weighted by atomic mass is 16.5. The number of carbonyl (C=O) groups is 2. The first kappa shape index (κ1) is 19.0. The van der Waals surface area contributed by atoms with Gasteiger partial charge in [0.05, 0.1) is 0 Å². The molecule has 4 aliphatic carbocycles. The van der Waals surface area contributed by atoms with Gasteiger partial charge in [0.1, 0.15) is 5.75 Å². The first-order valence-corrected chi connectivity index (χ1v) is 11.4. The van der Waals surface area contributed by atoms with Crippen molar-refractivity contribution in [3.63, 3.8) is 0 Å². The number of ether oxygens (including phenoxy) is 1. The minimum atomic E-state index is 0.00810. The molecule has 1 aliphatic heterocycles. The second-order valence-electron chi connectivity index (χ2n) is 9.72. The second-order valence-corrected chi connectivity index (χ2v) is 9.72. The molecule has 1 aromatic rings. The molecule has 0 spiro atoms. The van der Waals surface area contributed by atoms with Crippen molar-refractivity contribution in [1.29, 1.82) is 0 Å². The van der Waals surface area contributed by atoms with E-state index < -0.39 is 0 Å². The van der Waals surface area contributed by atoms with E-state index in [1.165, 1.54) is 32.1 Å². The van der Waals surface area contributed by atoms with Crippen LogP contribution in [0.15, 0.2) is 30.3 Å². The minimum absolute atomic E-state index is 0.00810.